The van der Waals surface area contributed by atoms with Crippen molar-refractivity contribution in [3.63, 3.8) is 0 Å². The molecule has 1 aliphatic heterocycles. The number of carbonyl (C=O) groups excluding carboxylic acids is 2. The number of aryl methyl sites for hydroxylation is 1. The van der Waals surface area contributed by atoms with Crippen molar-refractivity contribution in [2.24, 2.45) is 11.8 Å². The summed E-state index contributed by atoms with van der Waals surface area (Å²) in [5.41, 5.74) is 1.09. The topological polar surface area (TPSA) is 66.8 Å². The summed E-state index contributed by atoms with van der Waals surface area (Å²) in [6, 6.07) is 9.46. The van der Waals surface area contributed by atoms with Gasteiger partial charge in [0, 0.05) is 0 Å². The lowest BCUT2D eigenvalue weighted by Crippen LogP contribution is -2.47. The summed E-state index contributed by atoms with van der Waals surface area (Å²) in [6.45, 7) is 7.73. The number of carbonyl (C=O) groups is 2. The van der Waals surface area contributed by atoms with Gasteiger partial charge >= 0.3 is 6.09 Å². The van der Waals surface area contributed by atoms with Gasteiger partial charge in [-0.2, -0.15) is 0 Å². The average molecular weight is 331 g/mol. The van der Waals surface area contributed by atoms with Crippen molar-refractivity contribution in [3.05, 3.63) is 48.6 Å². The highest BCUT2D eigenvalue weighted by Crippen LogP contribution is 2.24. The second kappa shape index (κ2) is 8.11. The molecule has 2 amide bonds. The normalized spacial score (nSPS) is 19.9. The fraction of sp³-hybridized carbons (Fsp3) is 0.474. The zero-order chi connectivity index (χ0) is 17.7. The van der Waals surface area contributed by atoms with Crippen molar-refractivity contribution >= 4 is 12.0 Å². The maximum atomic E-state index is 12.7. The molecule has 0 unspecified atom stereocenters. The maximum Gasteiger partial charge on any atom is 0.417 e. The number of benzene rings is 1. The quantitative estimate of drug-likeness (QED) is 0.780. The van der Waals surface area contributed by atoms with Crippen LogP contribution in [0.1, 0.15) is 25.8 Å². The first-order valence-electron chi connectivity index (χ1n) is 8.30. The zero-order valence-corrected chi connectivity index (χ0v) is 14.2. The van der Waals surface area contributed by atoms with E-state index in [2.05, 4.69) is 6.58 Å². The van der Waals surface area contributed by atoms with Gasteiger partial charge in [0.15, 0.2) is 0 Å². The lowest BCUT2D eigenvalue weighted by Gasteiger charge is -2.27. The first-order valence-corrected chi connectivity index (χ1v) is 8.30. The molecule has 0 aliphatic carbocycles. The van der Waals surface area contributed by atoms with E-state index in [1.54, 1.807) is 0 Å². The minimum absolute atomic E-state index is 0.0901. The van der Waals surface area contributed by atoms with Crippen LogP contribution in [0.5, 0.6) is 0 Å². The standard InChI is InChI=1S/C19H25NO4/c1-4-15(17(21)11-10-14-8-6-5-7-9-14)18(22)20-16(13(2)3)12-24-19(20)23/h4-9,13,15-17,21H,1,10-12H2,2-3H3/t15-,16+,17+/m0/s1. The number of nitrogens with zero attached hydrogens (tertiary/aromatic N) is 1. The predicted molar refractivity (Wildman–Crippen MR) is 91.3 cm³/mol. The van der Waals surface area contributed by atoms with E-state index >= 15 is 0 Å². The van der Waals surface area contributed by atoms with Crippen LogP contribution in [0.15, 0.2) is 43.0 Å². The van der Waals surface area contributed by atoms with Crippen molar-refractivity contribution < 1.29 is 19.4 Å². The van der Waals surface area contributed by atoms with Crippen molar-refractivity contribution in [2.45, 2.75) is 38.8 Å². The van der Waals surface area contributed by atoms with E-state index in [4.69, 9.17) is 4.74 Å². The Bertz CT molecular complexity index is 584. The van der Waals surface area contributed by atoms with Crippen LogP contribution in [0.4, 0.5) is 4.79 Å². The molecule has 0 bridgehead atoms. The summed E-state index contributed by atoms with van der Waals surface area (Å²) >= 11 is 0. The van der Waals surface area contributed by atoms with Crippen LogP contribution in [-0.2, 0) is 16.0 Å². The Morgan fingerprint density at radius 3 is 2.67 bits per heavy atom. The average Bonchev–Trinajstić information content (AvgIpc) is 2.96. The van der Waals surface area contributed by atoms with Gasteiger partial charge in [-0.15, -0.1) is 6.58 Å². The van der Waals surface area contributed by atoms with Crippen LogP contribution in [0.3, 0.4) is 0 Å². The Morgan fingerprint density at radius 1 is 1.42 bits per heavy atom. The second-order valence-corrected chi connectivity index (χ2v) is 6.45. The minimum Gasteiger partial charge on any atom is -0.447 e. The van der Waals surface area contributed by atoms with Crippen LogP contribution in [-0.4, -0.2) is 40.8 Å². The molecule has 5 nitrogen and oxygen atoms in total. The third kappa shape index (κ3) is 4.03. The van der Waals surface area contributed by atoms with Gasteiger partial charge in [0.2, 0.25) is 5.91 Å². The number of amides is 2. The van der Waals surface area contributed by atoms with Gasteiger partial charge in [-0.3, -0.25) is 4.79 Å². The molecule has 1 N–H and O–H groups in total. The third-order valence-electron chi connectivity index (χ3n) is 4.44. The molecular weight excluding hydrogens is 306 g/mol. The third-order valence-corrected chi connectivity index (χ3v) is 4.44. The lowest BCUT2D eigenvalue weighted by molar-refractivity contribution is -0.135. The summed E-state index contributed by atoms with van der Waals surface area (Å²) in [7, 11) is 0. The molecule has 0 aromatic heterocycles. The molecular formula is C19H25NO4. The van der Waals surface area contributed by atoms with Crippen molar-refractivity contribution in [1.82, 2.24) is 4.90 Å². The highest BCUT2D eigenvalue weighted by molar-refractivity contribution is 5.95. The number of cyclic esters (lactones) is 1. The Labute approximate surface area is 142 Å². The van der Waals surface area contributed by atoms with E-state index in [1.165, 1.54) is 6.08 Å². The Balaban J connectivity index is 2.04. The molecule has 130 valence electrons. The van der Waals surface area contributed by atoms with Gasteiger partial charge in [-0.25, -0.2) is 9.69 Å². The first kappa shape index (κ1) is 18.2. The van der Waals surface area contributed by atoms with E-state index in [-0.39, 0.29) is 18.6 Å². The molecule has 0 radical (unpaired) electrons. The molecule has 1 heterocycles. The summed E-state index contributed by atoms with van der Waals surface area (Å²) in [5, 5.41) is 10.4. The predicted octanol–water partition coefficient (Wildman–Crippen LogP) is 2.79. The van der Waals surface area contributed by atoms with Gasteiger partial charge in [0.05, 0.1) is 18.1 Å². The monoisotopic (exact) mass is 331 g/mol. The molecule has 1 aromatic carbocycles. The Hall–Kier alpha value is -2.14. The lowest BCUT2D eigenvalue weighted by atomic mass is 9.94. The molecule has 1 fully saturated rings. The van der Waals surface area contributed by atoms with E-state index < -0.39 is 24.0 Å². The van der Waals surface area contributed by atoms with Crippen LogP contribution in [0.2, 0.25) is 0 Å². The fourth-order valence-corrected chi connectivity index (χ4v) is 2.90. The molecule has 24 heavy (non-hydrogen) atoms. The van der Waals surface area contributed by atoms with Gasteiger partial charge in [0.25, 0.3) is 0 Å². The van der Waals surface area contributed by atoms with Crippen molar-refractivity contribution in [2.75, 3.05) is 6.61 Å². The van der Waals surface area contributed by atoms with Crippen LogP contribution in [0.25, 0.3) is 0 Å². The number of aliphatic hydroxyl groups is 1. The molecule has 0 saturated carbocycles. The summed E-state index contributed by atoms with van der Waals surface area (Å²) < 4.78 is 5.01. The fourth-order valence-electron chi connectivity index (χ4n) is 2.90. The number of hydrogen-bond donors (Lipinski definition) is 1. The molecule has 2 rings (SSSR count). The number of hydrogen-bond acceptors (Lipinski definition) is 4. The van der Waals surface area contributed by atoms with E-state index in [1.807, 2.05) is 44.2 Å². The number of rotatable bonds is 7. The van der Waals surface area contributed by atoms with E-state index in [9.17, 15) is 14.7 Å². The first-order chi connectivity index (χ1) is 11.5. The molecule has 3 atom stereocenters. The molecule has 1 aliphatic rings. The van der Waals surface area contributed by atoms with Gasteiger partial charge in [0.1, 0.15) is 6.61 Å². The largest absolute Gasteiger partial charge is 0.447 e. The number of imide groups is 1. The van der Waals surface area contributed by atoms with Gasteiger partial charge in [-0.1, -0.05) is 50.3 Å². The zero-order valence-electron chi connectivity index (χ0n) is 14.2. The maximum absolute atomic E-state index is 12.7. The van der Waals surface area contributed by atoms with Crippen LogP contribution < -0.4 is 0 Å². The highest BCUT2D eigenvalue weighted by atomic mass is 16.6. The van der Waals surface area contributed by atoms with Crippen molar-refractivity contribution in [1.29, 1.82) is 0 Å². The summed E-state index contributed by atoms with van der Waals surface area (Å²) in [4.78, 5) is 25.8. The van der Waals surface area contributed by atoms with Crippen molar-refractivity contribution in [3.8, 4) is 0 Å². The van der Waals surface area contributed by atoms with Gasteiger partial charge in [-0.05, 0) is 24.3 Å². The molecule has 5 heteroatoms. The molecule has 1 saturated heterocycles. The summed E-state index contributed by atoms with van der Waals surface area (Å²) in [5.74, 6) is -1.17. The number of aliphatic hydroxyl groups excluding tert-OH is 1. The smallest absolute Gasteiger partial charge is 0.417 e. The number of ether oxygens (including phenoxy) is 1. The minimum atomic E-state index is -0.892. The summed E-state index contributed by atoms with van der Waals surface area (Å²) in [6.07, 6.45) is 0.956. The highest BCUT2D eigenvalue weighted by Gasteiger charge is 2.42. The Kier molecular flexibility index (Phi) is 6.15. The SMILES string of the molecule is C=C[C@H](C(=O)N1C(=O)OC[C@@H]1C(C)C)[C@H](O)CCc1ccccc1. The van der Waals surface area contributed by atoms with E-state index in [0.717, 1.165) is 10.5 Å². The van der Waals surface area contributed by atoms with Gasteiger partial charge < -0.3 is 9.84 Å². The van der Waals surface area contributed by atoms with E-state index in [0.29, 0.717) is 12.8 Å². The Morgan fingerprint density at radius 2 is 2.08 bits per heavy atom. The second-order valence-electron chi connectivity index (χ2n) is 6.45. The van der Waals surface area contributed by atoms with Crippen LogP contribution in [0, 0.1) is 11.8 Å². The van der Waals surface area contributed by atoms with Crippen LogP contribution >= 0.6 is 0 Å². The molecule has 1 aromatic rings. The molecule has 0 spiro atoms.